The van der Waals surface area contributed by atoms with Crippen molar-refractivity contribution in [2.75, 3.05) is 6.26 Å². The van der Waals surface area contributed by atoms with E-state index in [1.165, 1.54) is 0 Å². The first-order valence-electron chi connectivity index (χ1n) is 1.27. The van der Waals surface area contributed by atoms with Crippen LogP contribution in [0.4, 0.5) is 0 Å². The molecule has 0 aliphatic heterocycles. The molecule has 0 spiro atoms. The molecule has 0 N–H and O–H groups in total. The molecule has 58 valence electrons. The third kappa shape index (κ3) is 1650. The summed E-state index contributed by atoms with van der Waals surface area (Å²) in [4.78, 5) is 8.35. The monoisotopic (exact) mass is 216 g/mol. The van der Waals surface area contributed by atoms with Crippen LogP contribution in [0.5, 0.6) is 0 Å². The molecule has 0 saturated carbocycles. The van der Waals surface area contributed by atoms with Gasteiger partial charge < -0.3 is 9.45 Å². The molecule has 0 aliphatic carbocycles. The van der Waals surface area contributed by atoms with Crippen molar-refractivity contribution in [3.63, 3.8) is 0 Å². The van der Waals surface area contributed by atoms with Crippen molar-refractivity contribution in [2.24, 2.45) is 0 Å². The number of hydrogen-bond acceptors (Lipinski definition) is 5. The van der Waals surface area contributed by atoms with Crippen LogP contribution in [-0.2, 0) is 31.2 Å². The molecule has 0 atom stereocenters. The fraction of sp³-hybridized carbons (Fsp3) is 1.00. The Kier molecular flexibility index (Phi) is 15.3. The van der Waals surface area contributed by atoms with Gasteiger partial charge in [0, 0.05) is 6.26 Å². The Bertz CT molecular complexity index is 131. The molecule has 0 rings (SSSR count). The van der Waals surface area contributed by atoms with Gasteiger partial charge >= 0.3 is 16.5 Å². The van der Waals surface area contributed by atoms with Gasteiger partial charge in [-0.3, -0.25) is 4.57 Å². The van der Waals surface area contributed by atoms with Gasteiger partial charge in [0.15, 0.2) is 0 Å². The predicted molar refractivity (Wildman–Crippen MR) is 23.2 cm³/mol. The molecule has 0 amide bonds. The van der Waals surface area contributed by atoms with Gasteiger partial charge in [-0.25, -0.2) is 8.42 Å². The van der Waals surface area contributed by atoms with E-state index in [2.05, 4.69) is 0 Å². The molecule has 0 aromatic heterocycles. The van der Waals surface area contributed by atoms with Crippen molar-refractivity contribution in [2.45, 2.75) is 0 Å². The molecular formula is CH3NiO5PS. The van der Waals surface area contributed by atoms with Crippen LogP contribution in [-0.4, -0.2) is 19.2 Å². The second kappa shape index (κ2) is 8.46. The topological polar surface area (TPSA) is 97.3 Å². The summed E-state index contributed by atoms with van der Waals surface area (Å²) in [5.41, 5.74) is 0. The van der Waals surface area contributed by atoms with Gasteiger partial charge in [-0.2, -0.15) is 0 Å². The van der Waals surface area contributed by atoms with Crippen LogP contribution >= 0.6 is 8.69 Å². The van der Waals surface area contributed by atoms with E-state index in [1.54, 1.807) is 0 Å². The summed E-state index contributed by atoms with van der Waals surface area (Å²) in [6.07, 6.45) is 0.604. The van der Waals surface area contributed by atoms with E-state index in [0.717, 1.165) is 0 Å². The molecule has 0 bridgehead atoms. The summed E-state index contributed by atoms with van der Waals surface area (Å²) < 4.78 is 35.6. The van der Waals surface area contributed by atoms with Crippen molar-refractivity contribution >= 4 is 18.8 Å². The fourth-order valence-corrected chi connectivity index (χ4v) is 0. The predicted octanol–water partition coefficient (Wildman–Crippen LogP) is -1.29. The molecule has 0 heterocycles. The molecule has 8 heteroatoms. The maximum absolute atomic E-state index is 9.08. The zero-order valence-electron chi connectivity index (χ0n) is 4.21. The van der Waals surface area contributed by atoms with E-state index in [0.29, 0.717) is 6.26 Å². The van der Waals surface area contributed by atoms with Crippen LogP contribution in [0.2, 0.25) is 0 Å². The summed E-state index contributed by atoms with van der Waals surface area (Å²) in [5, 5.41) is 0. The summed E-state index contributed by atoms with van der Waals surface area (Å²) in [6, 6.07) is 0. The molecule has 0 aromatic carbocycles. The second-order valence-corrected chi connectivity index (χ2v) is 2.34. The van der Waals surface area contributed by atoms with Crippen LogP contribution < -0.4 is 4.89 Å². The minimum absolute atomic E-state index is 0. The third-order valence-electron chi connectivity index (χ3n) is 0. The van der Waals surface area contributed by atoms with Crippen molar-refractivity contribution in [3.8, 4) is 0 Å². The molecule has 0 radical (unpaired) electrons. The summed E-state index contributed by atoms with van der Waals surface area (Å²) >= 11 is 0. The van der Waals surface area contributed by atoms with Crippen molar-refractivity contribution in [3.05, 3.63) is 0 Å². The standard InChI is InChI=1S/CH4O3S.Ni.HO2P/c1-5(2,3)4;;1-3-2/h1H3,(H,2,3,4);;(H,1,2)/q;+2;/p-2. The molecule has 5 nitrogen and oxygen atoms in total. The van der Waals surface area contributed by atoms with E-state index >= 15 is 0 Å². The Morgan fingerprint density at radius 3 is 1.44 bits per heavy atom. The third-order valence-corrected chi connectivity index (χ3v) is 0. The fourth-order valence-electron chi connectivity index (χ4n) is 0. The zero-order chi connectivity index (χ0) is 7.21. The average Bonchev–Trinajstić information content (AvgIpc) is 1.27. The molecule has 0 aromatic rings. The van der Waals surface area contributed by atoms with Gasteiger partial charge in [0.05, 0.1) is 18.8 Å². The van der Waals surface area contributed by atoms with E-state index in [1.807, 2.05) is 0 Å². The van der Waals surface area contributed by atoms with Crippen LogP contribution in [0.3, 0.4) is 0 Å². The minimum atomic E-state index is -3.92. The van der Waals surface area contributed by atoms with Gasteiger partial charge in [-0.1, -0.05) is 0 Å². The van der Waals surface area contributed by atoms with Crippen molar-refractivity contribution < 1.29 is 38.9 Å². The van der Waals surface area contributed by atoms with Crippen molar-refractivity contribution in [1.29, 1.82) is 0 Å². The Morgan fingerprint density at radius 1 is 1.44 bits per heavy atom. The molecule has 0 aliphatic rings. The minimum Gasteiger partial charge on any atom is -0.772 e. The van der Waals surface area contributed by atoms with Crippen LogP contribution in [0.25, 0.3) is 0 Å². The molecule has 0 saturated heterocycles. The normalized spacial score (nSPS) is 8.78. The van der Waals surface area contributed by atoms with E-state index < -0.39 is 18.8 Å². The van der Waals surface area contributed by atoms with Gasteiger partial charge in [0.25, 0.3) is 0 Å². The second-order valence-electron chi connectivity index (χ2n) is 0.779. The van der Waals surface area contributed by atoms with E-state index in [4.69, 9.17) is 22.4 Å². The summed E-state index contributed by atoms with van der Waals surface area (Å²) in [6.45, 7) is 0. The summed E-state index contributed by atoms with van der Waals surface area (Å²) in [5.74, 6) is 0. The molecular weight excluding hydrogens is 214 g/mol. The van der Waals surface area contributed by atoms with Crippen LogP contribution in [0.1, 0.15) is 0 Å². The SMILES string of the molecule is CS(=O)(=O)[O-].O=P[O-].[Ni+2]. The van der Waals surface area contributed by atoms with Gasteiger partial charge in [-0.15, -0.1) is 0 Å². The van der Waals surface area contributed by atoms with E-state index in [-0.39, 0.29) is 16.5 Å². The van der Waals surface area contributed by atoms with E-state index in [9.17, 15) is 0 Å². The van der Waals surface area contributed by atoms with Crippen LogP contribution in [0, 0.1) is 0 Å². The smallest absolute Gasteiger partial charge is 0.772 e. The molecule has 0 unspecified atom stereocenters. The van der Waals surface area contributed by atoms with Crippen LogP contribution in [0.15, 0.2) is 0 Å². The maximum atomic E-state index is 9.08. The quantitative estimate of drug-likeness (QED) is 0.285. The Hall–Kier alpha value is 0.464. The van der Waals surface area contributed by atoms with Crippen molar-refractivity contribution in [1.82, 2.24) is 0 Å². The Balaban J connectivity index is -0.0000000800. The molecule has 9 heavy (non-hydrogen) atoms. The number of hydrogen-bond donors (Lipinski definition) is 0. The summed E-state index contributed by atoms with van der Waals surface area (Å²) in [7, 11) is -5.00. The maximum Gasteiger partial charge on any atom is 2.00 e. The Labute approximate surface area is 64.4 Å². The first-order valence-corrected chi connectivity index (χ1v) is 3.82. The first kappa shape index (κ1) is 16.2. The number of rotatable bonds is 0. The largest absolute Gasteiger partial charge is 2.00 e. The zero-order valence-corrected chi connectivity index (χ0v) is 6.91. The van der Waals surface area contributed by atoms with Gasteiger partial charge in [0.1, 0.15) is 0 Å². The van der Waals surface area contributed by atoms with Gasteiger partial charge in [-0.05, 0) is 0 Å². The van der Waals surface area contributed by atoms with Gasteiger partial charge in [0.2, 0.25) is 0 Å². The average molecular weight is 217 g/mol. The Morgan fingerprint density at radius 2 is 1.44 bits per heavy atom. The molecule has 0 fully saturated rings. The first-order chi connectivity index (χ1) is 3.41.